The molecule has 7 heteroatoms. The molecular weight excluding hydrogens is 330 g/mol. The van der Waals surface area contributed by atoms with Crippen molar-refractivity contribution < 1.29 is 14.7 Å². The van der Waals surface area contributed by atoms with Crippen LogP contribution >= 0.6 is 11.6 Å². The van der Waals surface area contributed by atoms with Crippen molar-refractivity contribution in [2.45, 2.75) is 26.0 Å². The van der Waals surface area contributed by atoms with Crippen molar-refractivity contribution in [3.05, 3.63) is 34.9 Å². The van der Waals surface area contributed by atoms with Crippen molar-refractivity contribution in [1.29, 1.82) is 0 Å². The van der Waals surface area contributed by atoms with E-state index < -0.39 is 6.10 Å². The van der Waals surface area contributed by atoms with E-state index in [1.807, 2.05) is 17.0 Å². The van der Waals surface area contributed by atoms with E-state index in [2.05, 4.69) is 5.32 Å². The summed E-state index contributed by atoms with van der Waals surface area (Å²) < 4.78 is 0. The smallest absolute Gasteiger partial charge is 0.221 e. The zero-order chi connectivity index (χ0) is 17.5. The average Bonchev–Trinajstić information content (AvgIpc) is 2.74. The van der Waals surface area contributed by atoms with Gasteiger partial charge in [0.05, 0.1) is 6.10 Å². The maximum Gasteiger partial charge on any atom is 0.221 e. The number of nitrogens with zero attached hydrogens (tertiary/aromatic N) is 2. The first-order valence-corrected chi connectivity index (χ1v) is 8.49. The number of halogens is 1. The zero-order valence-electron chi connectivity index (χ0n) is 13.9. The molecule has 0 unspecified atom stereocenters. The number of β-amino-alcohol motifs (C(OH)–C–C–N with tert-alkyl or cyclic N) is 1. The topological polar surface area (TPSA) is 72.9 Å². The minimum Gasteiger partial charge on any atom is -0.390 e. The van der Waals surface area contributed by atoms with Gasteiger partial charge in [-0.3, -0.25) is 14.5 Å². The molecule has 24 heavy (non-hydrogen) atoms. The van der Waals surface area contributed by atoms with Gasteiger partial charge in [-0.25, -0.2) is 0 Å². The fourth-order valence-electron chi connectivity index (χ4n) is 2.69. The molecule has 1 aliphatic heterocycles. The van der Waals surface area contributed by atoms with Crippen molar-refractivity contribution in [3.63, 3.8) is 0 Å². The molecule has 2 rings (SSSR count). The molecule has 0 saturated carbocycles. The second kappa shape index (κ2) is 9.01. The molecule has 1 aromatic carbocycles. The second-order valence-corrected chi connectivity index (χ2v) is 6.51. The Morgan fingerprint density at radius 3 is 2.62 bits per heavy atom. The maximum absolute atomic E-state index is 12.0. The van der Waals surface area contributed by atoms with E-state index in [0.29, 0.717) is 50.7 Å². The van der Waals surface area contributed by atoms with Crippen molar-refractivity contribution in [2.75, 3.05) is 32.7 Å². The largest absolute Gasteiger partial charge is 0.390 e. The van der Waals surface area contributed by atoms with Gasteiger partial charge in [0.2, 0.25) is 11.8 Å². The van der Waals surface area contributed by atoms with E-state index in [-0.39, 0.29) is 11.8 Å². The molecule has 2 N–H and O–H groups in total. The Kier molecular flexibility index (Phi) is 7.02. The predicted octanol–water partition coefficient (Wildman–Crippen LogP) is 0.871. The molecule has 0 bridgehead atoms. The fraction of sp³-hybridized carbons (Fsp3) is 0.529. The Bertz CT molecular complexity index is 565. The summed E-state index contributed by atoms with van der Waals surface area (Å²) in [6.07, 6.45) is -0.214. The number of nitrogens with one attached hydrogen (secondary N) is 1. The average molecular weight is 354 g/mol. The van der Waals surface area contributed by atoms with Crippen LogP contribution in [0.25, 0.3) is 0 Å². The Balaban J connectivity index is 1.72. The highest BCUT2D eigenvalue weighted by molar-refractivity contribution is 6.30. The Hall–Kier alpha value is -1.63. The summed E-state index contributed by atoms with van der Waals surface area (Å²) in [6, 6.07) is 7.35. The summed E-state index contributed by atoms with van der Waals surface area (Å²) >= 11 is 5.83. The lowest BCUT2D eigenvalue weighted by Crippen LogP contribution is -2.36. The van der Waals surface area contributed by atoms with Crippen LogP contribution in [0.15, 0.2) is 24.3 Å². The number of hydrogen-bond donors (Lipinski definition) is 2. The van der Waals surface area contributed by atoms with Gasteiger partial charge in [0.15, 0.2) is 0 Å². The highest BCUT2D eigenvalue weighted by atomic mass is 35.5. The molecule has 132 valence electrons. The standard InChI is InChI=1S/C17H24ClN3O3/c1-13(22)21-9-8-20(11-16(23)12-21)7-6-17(24)19-10-14-2-4-15(18)5-3-14/h2-5,16,23H,6-12H2,1H3,(H,19,24)/t16-/m0/s1. The second-order valence-electron chi connectivity index (χ2n) is 6.07. The molecule has 0 spiro atoms. The lowest BCUT2D eigenvalue weighted by molar-refractivity contribution is -0.129. The van der Waals surface area contributed by atoms with Crippen LogP contribution in [-0.4, -0.2) is 65.5 Å². The van der Waals surface area contributed by atoms with Crippen molar-refractivity contribution in [1.82, 2.24) is 15.1 Å². The van der Waals surface area contributed by atoms with Crippen LogP contribution in [-0.2, 0) is 16.1 Å². The van der Waals surface area contributed by atoms with E-state index in [9.17, 15) is 14.7 Å². The van der Waals surface area contributed by atoms with Gasteiger partial charge in [-0.15, -0.1) is 0 Å². The molecule has 1 fully saturated rings. The van der Waals surface area contributed by atoms with E-state index in [1.54, 1.807) is 17.0 Å². The number of rotatable bonds is 5. The first kappa shape index (κ1) is 18.7. The van der Waals surface area contributed by atoms with E-state index in [0.717, 1.165) is 5.56 Å². The molecule has 0 radical (unpaired) electrons. The monoisotopic (exact) mass is 353 g/mol. The zero-order valence-corrected chi connectivity index (χ0v) is 14.6. The molecule has 0 aromatic heterocycles. The van der Waals surface area contributed by atoms with Crippen LogP contribution in [0.5, 0.6) is 0 Å². The van der Waals surface area contributed by atoms with Gasteiger partial charge in [-0.2, -0.15) is 0 Å². The van der Waals surface area contributed by atoms with Gasteiger partial charge in [0.25, 0.3) is 0 Å². The van der Waals surface area contributed by atoms with Crippen LogP contribution in [0.3, 0.4) is 0 Å². The number of carbonyl (C=O) groups is 2. The van der Waals surface area contributed by atoms with Gasteiger partial charge in [0, 0.05) is 57.6 Å². The molecule has 6 nitrogen and oxygen atoms in total. The SMILES string of the molecule is CC(=O)N1CCN(CCC(=O)NCc2ccc(Cl)cc2)C[C@H](O)C1. The number of hydrogen-bond acceptors (Lipinski definition) is 4. The number of carbonyl (C=O) groups excluding carboxylic acids is 2. The van der Waals surface area contributed by atoms with Crippen LogP contribution in [0.4, 0.5) is 0 Å². The Morgan fingerprint density at radius 1 is 1.25 bits per heavy atom. The van der Waals surface area contributed by atoms with Crippen LogP contribution in [0.2, 0.25) is 5.02 Å². The predicted molar refractivity (Wildman–Crippen MR) is 92.6 cm³/mol. The number of benzene rings is 1. The third-order valence-corrected chi connectivity index (χ3v) is 4.34. The molecule has 0 aliphatic carbocycles. The number of amides is 2. The quantitative estimate of drug-likeness (QED) is 0.824. The van der Waals surface area contributed by atoms with Gasteiger partial charge >= 0.3 is 0 Å². The summed E-state index contributed by atoms with van der Waals surface area (Å²) in [5.41, 5.74) is 0.995. The summed E-state index contributed by atoms with van der Waals surface area (Å²) in [5.74, 6) is -0.0660. The number of aliphatic hydroxyl groups is 1. The van der Waals surface area contributed by atoms with Crippen molar-refractivity contribution in [2.24, 2.45) is 0 Å². The highest BCUT2D eigenvalue weighted by Crippen LogP contribution is 2.09. The van der Waals surface area contributed by atoms with Crippen molar-refractivity contribution >= 4 is 23.4 Å². The maximum atomic E-state index is 12.0. The summed E-state index contributed by atoms with van der Waals surface area (Å²) in [5, 5.41) is 13.5. The van der Waals surface area contributed by atoms with E-state index in [4.69, 9.17) is 11.6 Å². The lowest BCUT2D eigenvalue weighted by atomic mass is 10.2. The molecule has 2 amide bonds. The van der Waals surface area contributed by atoms with Gasteiger partial charge in [-0.1, -0.05) is 23.7 Å². The van der Waals surface area contributed by atoms with E-state index in [1.165, 1.54) is 6.92 Å². The molecule has 1 aliphatic rings. The lowest BCUT2D eigenvalue weighted by Gasteiger charge is -2.20. The molecular formula is C17H24ClN3O3. The summed E-state index contributed by atoms with van der Waals surface area (Å²) in [6.45, 7) is 4.63. The normalized spacial score (nSPS) is 19.0. The fourth-order valence-corrected chi connectivity index (χ4v) is 2.82. The summed E-state index contributed by atoms with van der Waals surface area (Å²) in [7, 11) is 0. The highest BCUT2D eigenvalue weighted by Gasteiger charge is 2.22. The minimum atomic E-state index is -0.575. The van der Waals surface area contributed by atoms with Gasteiger partial charge < -0.3 is 15.3 Å². The van der Waals surface area contributed by atoms with Crippen LogP contribution in [0.1, 0.15) is 18.9 Å². The van der Waals surface area contributed by atoms with Crippen molar-refractivity contribution in [3.8, 4) is 0 Å². The molecule has 1 heterocycles. The molecule has 1 aromatic rings. The Morgan fingerprint density at radius 2 is 1.96 bits per heavy atom. The molecule has 1 atom stereocenters. The minimum absolute atomic E-state index is 0.0309. The van der Waals surface area contributed by atoms with E-state index >= 15 is 0 Å². The van der Waals surface area contributed by atoms with Crippen LogP contribution in [0, 0.1) is 0 Å². The van der Waals surface area contributed by atoms with Crippen LogP contribution < -0.4 is 5.32 Å². The first-order chi connectivity index (χ1) is 11.4. The third-order valence-electron chi connectivity index (χ3n) is 4.09. The Labute approximate surface area is 147 Å². The third kappa shape index (κ3) is 6.11. The number of aliphatic hydroxyl groups excluding tert-OH is 1. The summed E-state index contributed by atoms with van der Waals surface area (Å²) in [4.78, 5) is 27.1. The molecule has 1 saturated heterocycles. The van der Waals surface area contributed by atoms with Gasteiger partial charge in [0.1, 0.15) is 0 Å². The first-order valence-electron chi connectivity index (χ1n) is 8.11. The van der Waals surface area contributed by atoms with Gasteiger partial charge in [-0.05, 0) is 17.7 Å².